The highest BCUT2D eigenvalue weighted by Crippen LogP contribution is 2.11. The van der Waals surface area contributed by atoms with Crippen molar-refractivity contribution in [1.29, 1.82) is 0 Å². The topological polar surface area (TPSA) is 49.8 Å². The second kappa shape index (κ2) is 14.3. The first-order valence-electron chi connectivity index (χ1n) is 8.62. The number of esters is 1. The average Bonchev–Trinajstić information content (AvgIpc) is 2.41. The first-order chi connectivity index (χ1) is 10.1. The summed E-state index contributed by atoms with van der Waals surface area (Å²) in [6.07, 6.45) is 10.7. The van der Waals surface area contributed by atoms with E-state index in [-0.39, 0.29) is 18.6 Å². The Morgan fingerprint density at radius 3 is 2.19 bits per heavy atom. The van der Waals surface area contributed by atoms with Gasteiger partial charge in [-0.25, -0.2) is 0 Å². The van der Waals surface area contributed by atoms with Crippen molar-refractivity contribution in [3.8, 4) is 0 Å². The van der Waals surface area contributed by atoms with E-state index in [1.165, 1.54) is 44.9 Å². The summed E-state index contributed by atoms with van der Waals surface area (Å²) in [5, 5.41) is 9.94. The molecule has 0 rings (SSSR count). The Balaban J connectivity index is 3.44. The molecule has 0 amide bonds. The minimum atomic E-state index is -0.343. The number of hydrogen-bond acceptors (Lipinski definition) is 4. The van der Waals surface area contributed by atoms with E-state index in [2.05, 4.69) is 6.92 Å². The molecule has 0 radical (unpaired) electrons. The normalized spacial score (nSPS) is 12.6. The smallest absolute Gasteiger partial charge is 0.320 e. The predicted octanol–water partition coefficient (Wildman–Crippen LogP) is 3.37. The highest BCUT2D eigenvalue weighted by Gasteiger charge is 2.11. The molecule has 1 N–H and O–H groups in total. The molecule has 4 nitrogen and oxygen atoms in total. The van der Waals surface area contributed by atoms with Crippen LogP contribution < -0.4 is 0 Å². The summed E-state index contributed by atoms with van der Waals surface area (Å²) in [4.78, 5) is 13.1. The Morgan fingerprint density at radius 2 is 1.62 bits per heavy atom. The van der Waals surface area contributed by atoms with Crippen LogP contribution in [0.25, 0.3) is 0 Å². The molecule has 0 saturated heterocycles. The van der Waals surface area contributed by atoms with E-state index in [1.54, 1.807) is 6.92 Å². The van der Waals surface area contributed by atoms with Crippen LogP contribution in [0.15, 0.2) is 0 Å². The number of nitrogens with zero attached hydrogens (tertiary/aromatic N) is 1. The van der Waals surface area contributed by atoms with Crippen molar-refractivity contribution in [3.63, 3.8) is 0 Å². The van der Waals surface area contributed by atoms with Gasteiger partial charge in [0.2, 0.25) is 0 Å². The van der Waals surface area contributed by atoms with Gasteiger partial charge in [0.05, 0.1) is 19.3 Å². The van der Waals surface area contributed by atoms with E-state index in [1.807, 2.05) is 11.9 Å². The van der Waals surface area contributed by atoms with Gasteiger partial charge in [-0.05, 0) is 20.4 Å². The number of carbonyl (C=O) groups is 1. The standard InChI is InChI=1S/C17H35NO3/c1-4-6-7-8-9-10-11-12-13-16(19)14-18(3)15-17(20)21-5-2/h16,19H,4-15H2,1-3H3. The van der Waals surface area contributed by atoms with Crippen LogP contribution in [0.2, 0.25) is 0 Å². The Morgan fingerprint density at radius 1 is 1.05 bits per heavy atom. The van der Waals surface area contributed by atoms with Crippen molar-refractivity contribution in [2.75, 3.05) is 26.7 Å². The SMILES string of the molecule is CCCCCCCCCCC(O)CN(C)CC(=O)OCC. The zero-order chi connectivity index (χ0) is 15.9. The molecule has 4 heteroatoms. The van der Waals surface area contributed by atoms with Crippen LogP contribution >= 0.6 is 0 Å². The average molecular weight is 301 g/mol. The number of aliphatic hydroxyl groups excluding tert-OH is 1. The fourth-order valence-electron chi connectivity index (χ4n) is 2.46. The molecule has 0 bridgehead atoms. The summed E-state index contributed by atoms with van der Waals surface area (Å²) >= 11 is 0. The summed E-state index contributed by atoms with van der Waals surface area (Å²) < 4.78 is 4.89. The first-order valence-corrected chi connectivity index (χ1v) is 8.62. The van der Waals surface area contributed by atoms with Gasteiger partial charge in [-0.2, -0.15) is 0 Å². The molecule has 0 aromatic heterocycles. The van der Waals surface area contributed by atoms with Crippen LogP contribution in [-0.4, -0.2) is 48.8 Å². The molecular formula is C17H35NO3. The first kappa shape index (κ1) is 20.4. The van der Waals surface area contributed by atoms with Crippen LogP contribution in [0.1, 0.15) is 71.6 Å². The van der Waals surface area contributed by atoms with Crippen LogP contribution in [0, 0.1) is 0 Å². The van der Waals surface area contributed by atoms with Gasteiger partial charge in [-0.1, -0.05) is 58.3 Å². The van der Waals surface area contributed by atoms with Gasteiger partial charge in [0, 0.05) is 6.54 Å². The predicted molar refractivity (Wildman–Crippen MR) is 87.4 cm³/mol. The highest BCUT2D eigenvalue weighted by molar-refractivity contribution is 5.71. The molecule has 0 aliphatic heterocycles. The molecule has 0 aromatic carbocycles. The summed E-state index contributed by atoms with van der Waals surface area (Å²) in [5.41, 5.74) is 0. The maximum atomic E-state index is 11.3. The van der Waals surface area contributed by atoms with E-state index in [0.717, 1.165) is 12.8 Å². The lowest BCUT2D eigenvalue weighted by atomic mass is 10.1. The van der Waals surface area contributed by atoms with Crippen LogP contribution in [-0.2, 0) is 9.53 Å². The van der Waals surface area contributed by atoms with Gasteiger partial charge in [0.15, 0.2) is 0 Å². The van der Waals surface area contributed by atoms with Crippen molar-refractivity contribution < 1.29 is 14.6 Å². The third-order valence-electron chi connectivity index (χ3n) is 3.62. The van der Waals surface area contributed by atoms with Crippen molar-refractivity contribution in [3.05, 3.63) is 0 Å². The maximum Gasteiger partial charge on any atom is 0.320 e. The van der Waals surface area contributed by atoms with E-state index in [4.69, 9.17) is 4.74 Å². The second-order valence-electron chi connectivity index (χ2n) is 5.92. The molecule has 0 aliphatic rings. The van der Waals surface area contributed by atoms with Gasteiger partial charge in [-0.15, -0.1) is 0 Å². The zero-order valence-electron chi connectivity index (χ0n) is 14.3. The van der Waals surface area contributed by atoms with Gasteiger partial charge in [-0.3, -0.25) is 9.69 Å². The number of hydrogen-bond donors (Lipinski definition) is 1. The lowest BCUT2D eigenvalue weighted by Crippen LogP contribution is -2.34. The molecular weight excluding hydrogens is 266 g/mol. The molecule has 0 aromatic rings. The number of unbranched alkanes of at least 4 members (excludes halogenated alkanes) is 7. The van der Waals surface area contributed by atoms with E-state index < -0.39 is 0 Å². The minimum absolute atomic E-state index is 0.223. The van der Waals surface area contributed by atoms with E-state index in [9.17, 15) is 9.90 Å². The lowest BCUT2D eigenvalue weighted by Gasteiger charge is -2.19. The van der Waals surface area contributed by atoms with E-state index >= 15 is 0 Å². The minimum Gasteiger partial charge on any atom is -0.465 e. The summed E-state index contributed by atoms with van der Waals surface area (Å²) in [6.45, 7) is 5.24. The Bertz CT molecular complexity index is 246. The van der Waals surface area contributed by atoms with Gasteiger partial charge in [0.25, 0.3) is 0 Å². The van der Waals surface area contributed by atoms with Crippen molar-refractivity contribution in [1.82, 2.24) is 4.90 Å². The monoisotopic (exact) mass is 301 g/mol. The fraction of sp³-hybridized carbons (Fsp3) is 0.941. The van der Waals surface area contributed by atoms with E-state index in [0.29, 0.717) is 13.2 Å². The third kappa shape index (κ3) is 14.1. The van der Waals surface area contributed by atoms with Crippen molar-refractivity contribution in [2.24, 2.45) is 0 Å². The Hall–Kier alpha value is -0.610. The molecule has 0 aliphatic carbocycles. The largest absolute Gasteiger partial charge is 0.465 e. The van der Waals surface area contributed by atoms with Crippen molar-refractivity contribution in [2.45, 2.75) is 77.7 Å². The molecule has 0 saturated carbocycles. The Labute approximate surface area is 130 Å². The molecule has 126 valence electrons. The highest BCUT2D eigenvalue weighted by atomic mass is 16.5. The summed E-state index contributed by atoms with van der Waals surface area (Å²) in [6, 6.07) is 0. The van der Waals surface area contributed by atoms with Gasteiger partial charge in [0.1, 0.15) is 0 Å². The zero-order valence-corrected chi connectivity index (χ0v) is 14.3. The van der Waals surface area contributed by atoms with Gasteiger partial charge >= 0.3 is 5.97 Å². The van der Waals surface area contributed by atoms with Crippen LogP contribution in [0.5, 0.6) is 0 Å². The molecule has 0 heterocycles. The number of likely N-dealkylation sites (N-methyl/N-ethyl adjacent to an activating group) is 1. The lowest BCUT2D eigenvalue weighted by molar-refractivity contribution is -0.144. The quantitative estimate of drug-likeness (QED) is 0.395. The molecule has 0 fully saturated rings. The number of carbonyl (C=O) groups excluding carboxylic acids is 1. The van der Waals surface area contributed by atoms with Gasteiger partial charge < -0.3 is 9.84 Å². The molecule has 0 spiro atoms. The summed E-state index contributed by atoms with van der Waals surface area (Å²) in [5.74, 6) is -0.223. The number of aliphatic hydroxyl groups is 1. The number of rotatable bonds is 14. The molecule has 1 unspecified atom stereocenters. The number of ether oxygens (including phenoxy) is 1. The second-order valence-corrected chi connectivity index (χ2v) is 5.92. The van der Waals surface area contributed by atoms with Crippen molar-refractivity contribution >= 4 is 5.97 Å². The fourth-order valence-corrected chi connectivity index (χ4v) is 2.46. The molecule has 21 heavy (non-hydrogen) atoms. The third-order valence-corrected chi connectivity index (χ3v) is 3.62. The van der Waals surface area contributed by atoms with Crippen LogP contribution in [0.3, 0.4) is 0 Å². The van der Waals surface area contributed by atoms with Crippen LogP contribution in [0.4, 0.5) is 0 Å². The summed E-state index contributed by atoms with van der Waals surface area (Å²) in [7, 11) is 1.84. The molecule has 1 atom stereocenters. The Kier molecular flexibility index (Phi) is 13.9. The maximum absolute atomic E-state index is 11.3.